The van der Waals surface area contributed by atoms with Gasteiger partial charge in [-0.25, -0.2) is 0 Å². The molecule has 8 nitrogen and oxygen atoms in total. The zero-order valence-electron chi connectivity index (χ0n) is 15.4. The second-order valence-electron chi connectivity index (χ2n) is 6.12. The van der Waals surface area contributed by atoms with Crippen molar-refractivity contribution in [2.45, 2.75) is 6.18 Å². The average molecular weight is 520 g/mol. The summed E-state index contributed by atoms with van der Waals surface area (Å²) in [4.78, 5) is 23.1. The van der Waals surface area contributed by atoms with Gasteiger partial charge in [-0.05, 0) is 40.2 Å². The lowest BCUT2D eigenvalue weighted by atomic mass is 10.2. The van der Waals surface area contributed by atoms with Crippen LogP contribution in [0.5, 0.6) is 11.5 Å². The van der Waals surface area contributed by atoms with Crippen LogP contribution in [0.3, 0.4) is 0 Å². The summed E-state index contributed by atoms with van der Waals surface area (Å²) in [6.07, 6.45) is -4.78. The van der Waals surface area contributed by atoms with Crippen LogP contribution < -0.4 is 10.1 Å². The number of nitro groups is 1. The first-order valence-corrected chi connectivity index (χ1v) is 9.46. The van der Waals surface area contributed by atoms with Gasteiger partial charge in [0.2, 0.25) is 0 Å². The summed E-state index contributed by atoms with van der Waals surface area (Å²) in [7, 11) is 1.16. The van der Waals surface area contributed by atoms with E-state index in [0.29, 0.717) is 10.8 Å². The molecule has 1 N–H and O–H groups in total. The zero-order chi connectivity index (χ0) is 22.9. The van der Waals surface area contributed by atoms with Crippen LogP contribution in [0.15, 0.2) is 46.9 Å². The summed E-state index contributed by atoms with van der Waals surface area (Å²) in [5.41, 5.74) is -2.16. The molecule has 0 aliphatic heterocycles. The molecule has 162 valence electrons. The zero-order valence-corrected chi connectivity index (χ0v) is 17.7. The lowest BCUT2D eigenvalue weighted by Gasteiger charge is -2.10. The van der Waals surface area contributed by atoms with E-state index in [4.69, 9.17) is 16.3 Å². The maximum absolute atomic E-state index is 13.0. The molecule has 3 aromatic rings. The topological polar surface area (TPSA) is 99.3 Å². The summed E-state index contributed by atoms with van der Waals surface area (Å²) in [5.74, 6) is -0.617. The molecule has 0 aliphatic carbocycles. The van der Waals surface area contributed by atoms with Gasteiger partial charge in [0.15, 0.2) is 5.69 Å². The second-order valence-corrected chi connectivity index (χ2v) is 7.34. The number of nitro benzene ring substituents is 1. The maximum atomic E-state index is 13.0. The van der Waals surface area contributed by atoms with Crippen LogP contribution in [0.25, 0.3) is 0 Å². The lowest BCUT2D eigenvalue weighted by Crippen LogP contribution is -2.16. The van der Waals surface area contributed by atoms with Crippen LogP contribution in [0.1, 0.15) is 16.2 Å². The number of rotatable bonds is 5. The smallest absolute Gasteiger partial charge is 0.436 e. The summed E-state index contributed by atoms with van der Waals surface area (Å²) in [6.45, 7) is 0. The first kappa shape index (κ1) is 22.6. The van der Waals surface area contributed by atoms with Gasteiger partial charge in [0.25, 0.3) is 11.6 Å². The van der Waals surface area contributed by atoms with Gasteiger partial charge in [0, 0.05) is 24.2 Å². The fourth-order valence-electron chi connectivity index (χ4n) is 2.57. The highest BCUT2D eigenvalue weighted by molar-refractivity contribution is 9.10. The Kier molecular flexibility index (Phi) is 6.23. The third kappa shape index (κ3) is 5.14. The molecule has 1 amide bonds. The Bertz CT molecular complexity index is 1170. The van der Waals surface area contributed by atoms with Crippen molar-refractivity contribution < 1.29 is 27.6 Å². The molecule has 3 rings (SSSR count). The van der Waals surface area contributed by atoms with Gasteiger partial charge >= 0.3 is 6.18 Å². The third-order valence-electron chi connectivity index (χ3n) is 3.88. The van der Waals surface area contributed by atoms with E-state index in [2.05, 4.69) is 26.3 Å². The predicted molar refractivity (Wildman–Crippen MR) is 108 cm³/mol. The molecule has 0 saturated heterocycles. The second kappa shape index (κ2) is 8.55. The molecule has 0 atom stereocenters. The molecule has 2 aromatic carbocycles. The van der Waals surface area contributed by atoms with Crippen LogP contribution in [0.2, 0.25) is 5.02 Å². The molecule has 0 unspecified atom stereocenters. The third-order valence-corrected chi connectivity index (χ3v) is 4.89. The normalized spacial score (nSPS) is 11.3. The van der Waals surface area contributed by atoms with E-state index in [9.17, 15) is 28.1 Å². The van der Waals surface area contributed by atoms with E-state index < -0.39 is 38.6 Å². The van der Waals surface area contributed by atoms with E-state index in [0.717, 1.165) is 23.9 Å². The molecule has 31 heavy (non-hydrogen) atoms. The number of carbonyl (C=O) groups is 1. The average Bonchev–Trinajstić information content (AvgIpc) is 2.98. The van der Waals surface area contributed by atoms with Crippen molar-refractivity contribution in [3.05, 3.63) is 73.5 Å². The highest BCUT2D eigenvalue weighted by Gasteiger charge is 2.39. The van der Waals surface area contributed by atoms with Crippen molar-refractivity contribution in [1.82, 2.24) is 9.78 Å². The largest absolute Gasteiger partial charge is 0.457 e. The fraction of sp³-hybridized carbons (Fsp3) is 0.111. The summed E-state index contributed by atoms with van der Waals surface area (Å²) in [6, 6.07) is 9.63. The number of nitrogens with one attached hydrogen (secondary N) is 1. The highest BCUT2D eigenvalue weighted by Crippen LogP contribution is 2.36. The minimum Gasteiger partial charge on any atom is -0.457 e. The Morgan fingerprint density at radius 3 is 2.42 bits per heavy atom. The summed E-state index contributed by atoms with van der Waals surface area (Å²) >= 11 is 8.55. The first-order valence-electron chi connectivity index (χ1n) is 8.29. The van der Waals surface area contributed by atoms with Gasteiger partial charge in [-0.2, -0.15) is 18.3 Å². The molecule has 13 heteroatoms. The van der Waals surface area contributed by atoms with Gasteiger partial charge in [-0.15, -0.1) is 0 Å². The number of halogens is 5. The van der Waals surface area contributed by atoms with E-state index >= 15 is 0 Å². The number of hydrogen-bond donors (Lipinski definition) is 1. The minimum absolute atomic E-state index is 0.0203. The van der Waals surface area contributed by atoms with Crippen LogP contribution in [0.4, 0.5) is 24.5 Å². The van der Waals surface area contributed by atoms with Gasteiger partial charge in [-0.3, -0.25) is 19.6 Å². The molecule has 0 fully saturated rings. The molecule has 0 saturated carbocycles. The lowest BCUT2D eigenvalue weighted by molar-refractivity contribution is -0.384. The van der Waals surface area contributed by atoms with E-state index in [1.807, 2.05) is 0 Å². The number of hydrogen-bond acceptors (Lipinski definition) is 5. The predicted octanol–water partition coefficient (Wildman–Crippen LogP) is 5.81. The van der Waals surface area contributed by atoms with Crippen molar-refractivity contribution in [3.63, 3.8) is 0 Å². The molecule has 0 aliphatic rings. The van der Waals surface area contributed by atoms with Crippen LogP contribution in [0, 0.1) is 10.1 Å². The number of nitrogens with zero attached hydrogens (tertiary/aromatic N) is 3. The molecule has 1 aromatic heterocycles. The van der Waals surface area contributed by atoms with Gasteiger partial charge in [0.1, 0.15) is 17.2 Å². The molecule has 0 radical (unpaired) electrons. The molecule has 1 heterocycles. The Morgan fingerprint density at radius 2 is 1.87 bits per heavy atom. The van der Waals surface area contributed by atoms with Crippen molar-refractivity contribution in [2.75, 3.05) is 5.32 Å². The van der Waals surface area contributed by atoms with Crippen molar-refractivity contribution >= 4 is 44.8 Å². The number of benzene rings is 2. The van der Waals surface area contributed by atoms with Crippen LogP contribution in [-0.4, -0.2) is 20.6 Å². The number of aromatic nitrogens is 2. The first-order chi connectivity index (χ1) is 14.5. The Labute approximate surface area is 185 Å². The summed E-state index contributed by atoms with van der Waals surface area (Å²) in [5, 5.41) is 17.4. The van der Waals surface area contributed by atoms with Crippen molar-refractivity contribution in [2.24, 2.45) is 7.05 Å². The standard InChI is InChI=1S/C18H11BrClF3N4O4/c1-26-15(14(19)16(25-26)18(21,22)23)17(28)24-10-6-11(27(29)30)8-13(7-10)31-12-4-2-9(20)3-5-12/h2-8H,1H3,(H,24,28). The number of non-ortho nitro benzene ring substituents is 1. The molecule has 0 bridgehead atoms. The number of ether oxygens (including phenoxy) is 1. The molecule has 0 spiro atoms. The van der Waals surface area contributed by atoms with Gasteiger partial charge in [-0.1, -0.05) is 11.6 Å². The summed E-state index contributed by atoms with van der Waals surface area (Å²) < 4.78 is 44.8. The Balaban J connectivity index is 1.93. The quantitative estimate of drug-likeness (QED) is 0.339. The maximum Gasteiger partial charge on any atom is 0.436 e. The Morgan fingerprint density at radius 1 is 1.23 bits per heavy atom. The molecular formula is C18H11BrClF3N4O4. The van der Waals surface area contributed by atoms with Crippen molar-refractivity contribution in [3.8, 4) is 11.5 Å². The number of alkyl halides is 3. The van der Waals surface area contributed by atoms with Crippen LogP contribution >= 0.6 is 27.5 Å². The van der Waals surface area contributed by atoms with Gasteiger partial charge in [0.05, 0.1) is 21.1 Å². The van der Waals surface area contributed by atoms with E-state index in [1.165, 1.54) is 18.2 Å². The molecular weight excluding hydrogens is 509 g/mol. The van der Waals surface area contributed by atoms with Crippen LogP contribution in [-0.2, 0) is 13.2 Å². The number of aryl methyl sites for hydroxylation is 1. The highest BCUT2D eigenvalue weighted by atomic mass is 79.9. The number of carbonyl (C=O) groups excluding carboxylic acids is 1. The number of amides is 1. The Hall–Kier alpha value is -3.12. The minimum atomic E-state index is -4.78. The van der Waals surface area contributed by atoms with Gasteiger partial charge < -0.3 is 10.1 Å². The van der Waals surface area contributed by atoms with E-state index in [1.54, 1.807) is 12.1 Å². The SMILES string of the molecule is Cn1nc(C(F)(F)F)c(Br)c1C(=O)Nc1cc(Oc2ccc(Cl)cc2)cc([N+](=O)[O-])c1. The fourth-order valence-corrected chi connectivity index (χ4v) is 3.44. The monoisotopic (exact) mass is 518 g/mol. The van der Waals surface area contributed by atoms with E-state index in [-0.39, 0.29) is 11.4 Å². The van der Waals surface area contributed by atoms with Crippen molar-refractivity contribution in [1.29, 1.82) is 0 Å². The number of anilines is 1.